The fourth-order valence-corrected chi connectivity index (χ4v) is 5.62. The Hall–Kier alpha value is -2.39. The van der Waals surface area contributed by atoms with E-state index >= 15 is 0 Å². The second kappa shape index (κ2) is 7.46. The van der Waals surface area contributed by atoms with Gasteiger partial charge in [-0.25, -0.2) is 21.6 Å². The van der Waals surface area contributed by atoms with Crippen LogP contribution in [0.25, 0.3) is 0 Å². The molecule has 1 saturated heterocycles. The van der Waals surface area contributed by atoms with Gasteiger partial charge in [0, 0.05) is 32.1 Å². The lowest BCUT2D eigenvalue weighted by molar-refractivity contribution is -0.135. The molecule has 1 fully saturated rings. The van der Waals surface area contributed by atoms with Gasteiger partial charge in [0.1, 0.15) is 23.8 Å². The molecule has 0 unspecified atom stereocenters. The first-order valence-corrected chi connectivity index (χ1v) is 10.7. The van der Waals surface area contributed by atoms with Crippen LogP contribution in [0.2, 0.25) is 0 Å². The summed E-state index contributed by atoms with van der Waals surface area (Å²) in [6.07, 6.45) is -1.20. The molecule has 5 nitrogen and oxygen atoms in total. The third-order valence-electron chi connectivity index (χ3n) is 5.37. The minimum absolute atomic E-state index is 0.284. The summed E-state index contributed by atoms with van der Waals surface area (Å²) in [4.78, 5) is 14.0. The van der Waals surface area contributed by atoms with Crippen LogP contribution in [0.4, 0.5) is 13.2 Å². The van der Waals surface area contributed by atoms with E-state index in [2.05, 4.69) is 0 Å². The molecule has 2 aliphatic rings. The maximum atomic E-state index is 14.2. The smallest absolute Gasteiger partial charge is 0.244 e. The van der Waals surface area contributed by atoms with Crippen LogP contribution in [0, 0.1) is 11.6 Å². The molecule has 0 spiro atoms. The highest BCUT2D eigenvalue weighted by Gasteiger charge is 2.46. The number of sulfonamides is 1. The average Bonchev–Trinajstić information content (AvgIpc) is 3.09. The lowest BCUT2D eigenvalue weighted by atomic mass is 9.99. The molecule has 1 amide bonds. The van der Waals surface area contributed by atoms with Gasteiger partial charge in [-0.2, -0.15) is 4.31 Å². The van der Waals surface area contributed by atoms with Gasteiger partial charge in [0.25, 0.3) is 0 Å². The number of rotatable bonds is 3. The molecule has 154 valence electrons. The molecule has 0 saturated carbocycles. The van der Waals surface area contributed by atoms with E-state index in [1.807, 2.05) is 24.3 Å². The van der Waals surface area contributed by atoms with Crippen molar-refractivity contribution in [3.8, 4) is 0 Å². The van der Waals surface area contributed by atoms with Crippen molar-refractivity contribution >= 4 is 15.9 Å². The Bertz CT molecular complexity index is 1040. The third kappa shape index (κ3) is 3.76. The molecule has 9 heteroatoms. The molecule has 0 aromatic heterocycles. The van der Waals surface area contributed by atoms with Gasteiger partial charge in [-0.3, -0.25) is 4.79 Å². The Morgan fingerprint density at radius 1 is 1.03 bits per heavy atom. The van der Waals surface area contributed by atoms with Crippen molar-refractivity contribution in [1.82, 2.24) is 9.21 Å². The Labute approximate surface area is 166 Å². The van der Waals surface area contributed by atoms with Gasteiger partial charge in [0.2, 0.25) is 15.9 Å². The molecular formula is C20H19F3N2O3S. The number of alkyl halides is 1. The van der Waals surface area contributed by atoms with Crippen LogP contribution in [0.1, 0.15) is 17.5 Å². The summed E-state index contributed by atoms with van der Waals surface area (Å²) in [6.45, 7) is 0.179. The number of fused-ring (bicyclic) bond motifs is 1. The number of halogens is 3. The predicted octanol–water partition coefficient (Wildman–Crippen LogP) is 2.65. The van der Waals surface area contributed by atoms with Gasteiger partial charge in [-0.15, -0.1) is 0 Å². The highest BCUT2D eigenvalue weighted by molar-refractivity contribution is 7.89. The number of carbonyl (C=O) groups is 1. The Balaban J connectivity index is 1.62. The zero-order valence-corrected chi connectivity index (χ0v) is 16.2. The maximum Gasteiger partial charge on any atom is 0.244 e. The normalized spacial score (nSPS) is 22.5. The summed E-state index contributed by atoms with van der Waals surface area (Å²) < 4.78 is 67.8. The second-order valence-electron chi connectivity index (χ2n) is 7.31. The number of nitrogens with zero attached hydrogens (tertiary/aromatic N) is 2. The number of hydrogen-bond donors (Lipinski definition) is 0. The standard InChI is InChI=1S/C20H19F3N2O3S/c21-15-7-16(22)9-18(8-15)29(27,28)25-12-17(23)10-19(25)20(26)24-6-5-13-3-1-2-4-14(13)11-24/h1-4,7-9,17,19H,5-6,10-12H2/t17-,19-/m0/s1. The van der Waals surface area contributed by atoms with Crippen molar-refractivity contribution in [2.45, 2.75) is 36.5 Å². The number of benzene rings is 2. The minimum atomic E-state index is -4.44. The van der Waals surface area contributed by atoms with Crippen molar-refractivity contribution in [2.24, 2.45) is 0 Å². The van der Waals surface area contributed by atoms with Crippen LogP contribution < -0.4 is 0 Å². The van der Waals surface area contributed by atoms with E-state index in [1.54, 1.807) is 0 Å². The molecule has 2 atom stereocenters. The van der Waals surface area contributed by atoms with Crippen LogP contribution >= 0.6 is 0 Å². The van der Waals surface area contributed by atoms with Crippen LogP contribution in [-0.2, 0) is 27.8 Å². The van der Waals surface area contributed by atoms with Gasteiger partial charge in [-0.05, 0) is 29.7 Å². The Morgan fingerprint density at radius 3 is 2.38 bits per heavy atom. The first kappa shape index (κ1) is 19.9. The van der Waals surface area contributed by atoms with Crippen LogP contribution in [-0.4, -0.2) is 48.8 Å². The topological polar surface area (TPSA) is 57.7 Å². The van der Waals surface area contributed by atoms with Crippen LogP contribution in [0.15, 0.2) is 47.4 Å². The molecule has 2 aromatic carbocycles. The van der Waals surface area contributed by atoms with Gasteiger partial charge in [-0.1, -0.05) is 24.3 Å². The van der Waals surface area contributed by atoms with Crippen molar-refractivity contribution in [3.63, 3.8) is 0 Å². The van der Waals surface area contributed by atoms with Crippen molar-refractivity contribution in [2.75, 3.05) is 13.1 Å². The summed E-state index contributed by atoms with van der Waals surface area (Å²) in [5, 5.41) is 0. The molecule has 0 radical (unpaired) electrons. The first-order valence-electron chi connectivity index (χ1n) is 9.23. The first-order chi connectivity index (χ1) is 13.8. The van der Waals surface area contributed by atoms with E-state index in [1.165, 1.54) is 4.90 Å². The van der Waals surface area contributed by atoms with Crippen molar-refractivity contribution in [1.29, 1.82) is 0 Å². The van der Waals surface area contributed by atoms with Crippen molar-refractivity contribution in [3.05, 3.63) is 65.2 Å². The quantitative estimate of drug-likeness (QED) is 0.761. The Kier molecular flexibility index (Phi) is 5.12. The Morgan fingerprint density at radius 2 is 1.69 bits per heavy atom. The fourth-order valence-electron chi connectivity index (χ4n) is 3.95. The maximum absolute atomic E-state index is 14.2. The molecule has 2 heterocycles. The third-order valence-corrected chi connectivity index (χ3v) is 7.23. The largest absolute Gasteiger partial charge is 0.337 e. The second-order valence-corrected chi connectivity index (χ2v) is 9.20. The SMILES string of the molecule is O=C([C@@H]1C[C@H](F)CN1S(=O)(=O)c1cc(F)cc(F)c1)N1CCc2ccccc2C1. The summed E-state index contributed by atoms with van der Waals surface area (Å²) in [5.41, 5.74) is 2.08. The van der Waals surface area contributed by atoms with E-state index < -0.39 is 51.2 Å². The molecule has 2 aromatic rings. The van der Waals surface area contributed by atoms with E-state index in [0.717, 1.165) is 15.4 Å². The molecular weight excluding hydrogens is 405 g/mol. The summed E-state index contributed by atoms with van der Waals surface area (Å²) in [5.74, 6) is -2.62. The highest BCUT2D eigenvalue weighted by atomic mass is 32.2. The predicted molar refractivity (Wildman–Crippen MR) is 99.1 cm³/mol. The van der Waals surface area contributed by atoms with Crippen LogP contribution in [0.5, 0.6) is 0 Å². The van der Waals surface area contributed by atoms with Gasteiger partial charge >= 0.3 is 0 Å². The highest BCUT2D eigenvalue weighted by Crippen LogP contribution is 2.31. The lowest BCUT2D eigenvalue weighted by Gasteiger charge is -2.33. The molecule has 29 heavy (non-hydrogen) atoms. The fraction of sp³-hybridized carbons (Fsp3) is 0.350. The zero-order chi connectivity index (χ0) is 20.8. The molecule has 4 rings (SSSR count). The molecule has 0 N–H and O–H groups in total. The average molecular weight is 424 g/mol. The minimum Gasteiger partial charge on any atom is -0.337 e. The van der Waals surface area contributed by atoms with Crippen LogP contribution in [0.3, 0.4) is 0 Å². The van der Waals surface area contributed by atoms with E-state index in [-0.39, 0.29) is 6.42 Å². The molecule has 0 aliphatic carbocycles. The van der Waals surface area contributed by atoms with Gasteiger partial charge < -0.3 is 4.90 Å². The molecule has 0 bridgehead atoms. The van der Waals surface area contributed by atoms with Crippen molar-refractivity contribution < 1.29 is 26.4 Å². The monoisotopic (exact) mass is 424 g/mol. The summed E-state index contributed by atoms with van der Waals surface area (Å²) in [6, 6.07) is 8.28. The number of carbonyl (C=O) groups excluding carboxylic acids is 1. The van der Waals surface area contributed by atoms with E-state index in [9.17, 15) is 26.4 Å². The zero-order valence-electron chi connectivity index (χ0n) is 15.4. The summed E-state index contributed by atoms with van der Waals surface area (Å²) in [7, 11) is -4.44. The number of hydrogen-bond acceptors (Lipinski definition) is 3. The van der Waals surface area contributed by atoms with E-state index in [4.69, 9.17) is 0 Å². The van der Waals surface area contributed by atoms with E-state index in [0.29, 0.717) is 37.7 Å². The lowest BCUT2D eigenvalue weighted by Crippen LogP contribution is -2.49. The number of amides is 1. The molecule has 2 aliphatic heterocycles. The summed E-state index contributed by atoms with van der Waals surface area (Å²) >= 11 is 0. The van der Waals surface area contributed by atoms with Gasteiger partial charge in [0.15, 0.2) is 0 Å². The van der Waals surface area contributed by atoms with Gasteiger partial charge in [0.05, 0.1) is 4.90 Å².